The lowest BCUT2D eigenvalue weighted by Crippen LogP contribution is -2.57. The lowest BCUT2D eigenvalue weighted by molar-refractivity contribution is -0.227. The van der Waals surface area contributed by atoms with Crippen molar-refractivity contribution in [3.8, 4) is 5.75 Å². The molecule has 13 nitrogen and oxygen atoms in total. The van der Waals surface area contributed by atoms with E-state index >= 15 is 0 Å². The van der Waals surface area contributed by atoms with E-state index in [1.807, 2.05) is 30.3 Å². The molecule has 2 aromatic carbocycles. The molecule has 0 saturated carbocycles. The summed E-state index contributed by atoms with van der Waals surface area (Å²) in [7, 11) is -4.25. The second-order valence-electron chi connectivity index (χ2n) is 9.71. The largest absolute Gasteiger partial charge is 0.460 e. The fraction of sp³-hybridized carbons (Fsp3) is 0.370. The predicted octanol–water partition coefficient (Wildman–Crippen LogP) is 2.17. The first-order valence-electron chi connectivity index (χ1n) is 13.0. The van der Waals surface area contributed by atoms with Crippen LogP contribution in [0.2, 0.25) is 0 Å². The molecule has 218 valence electrons. The van der Waals surface area contributed by atoms with Gasteiger partial charge in [0.15, 0.2) is 6.23 Å². The number of aliphatic hydroxyl groups excluding tert-OH is 1. The van der Waals surface area contributed by atoms with Gasteiger partial charge in [-0.2, -0.15) is 10.1 Å². The molecule has 0 aliphatic carbocycles. The molecule has 41 heavy (non-hydrogen) atoms. The van der Waals surface area contributed by atoms with Crippen molar-refractivity contribution in [2.24, 2.45) is 0 Å². The zero-order valence-corrected chi connectivity index (χ0v) is 23.1. The number of para-hydroxylation sites is 1. The van der Waals surface area contributed by atoms with Gasteiger partial charge in [-0.05, 0) is 30.7 Å². The molecule has 6 atom stereocenters. The molecule has 4 N–H and O–H groups in total. The molecule has 14 heteroatoms. The first-order chi connectivity index (χ1) is 19.7. The molecule has 2 saturated heterocycles. The standard InChI is InChI=1S/C27H31N4O9P/c1-18(24(33)36-16-19-8-4-2-5-9-19)30-41(35,40-20-10-6-3-7-11-20)38-17-21-23(32)27(13-15-37-27)25(39-21)31-14-12-22(28)29-26(31)34/h2-12,14,18,21,23,25,32H,13,15-17H2,1H3,(H,30,35)(H2,28,29,34)/t18-,21+,23+,25+,27+,41+/m0/s1. The molecular weight excluding hydrogens is 555 g/mol. The van der Waals surface area contributed by atoms with Gasteiger partial charge in [0.2, 0.25) is 0 Å². The van der Waals surface area contributed by atoms with Gasteiger partial charge in [0, 0.05) is 12.6 Å². The Hall–Kier alpha value is -3.58. The Morgan fingerprint density at radius 1 is 1.22 bits per heavy atom. The summed E-state index contributed by atoms with van der Waals surface area (Å²) in [5.74, 6) is -0.421. The number of hydrogen-bond acceptors (Lipinski definition) is 11. The predicted molar refractivity (Wildman–Crippen MR) is 146 cm³/mol. The molecular formula is C27H31N4O9P. The average molecular weight is 587 g/mol. The number of rotatable bonds is 11. The zero-order chi connectivity index (χ0) is 29.0. The molecule has 5 rings (SSSR count). The molecule has 3 aromatic rings. The number of aliphatic hydroxyl groups is 1. The van der Waals surface area contributed by atoms with Crippen LogP contribution < -0.4 is 21.0 Å². The molecule has 0 radical (unpaired) electrons. The van der Waals surface area contributed by atoms with Gasteiger partial charge in [-0.1, -0.05) is 48.5 Å². The lowest BCUT2D eigenvalue weighted by atomic mass is 9.86. The minimum atomic E-state index is -4.25. The third-order valence-electron chi connectivity index (χ3n) is 6.85. The van der Waals surface area contributed by atoms with Gasteiger partial charge < -0.3 is 29.6 Å². The summed E-state index contributed by atoms with van der Waals surface area (Å²) < 4.78 is 43.6. The Morgan fingerprint density at radius 3 is 2.54 bits per heavy atom. The van der Waals surface area contributed by atoms with Crippen molar-refractivity contribution in [3.05, 3.63) is 89.0 Å². The normalized spacial score (nSPS) is 25.7. The minimum absolute atomic E-state index is 0.0291. The summed E-state index contributed by atoms with van der Waals surface area (Å²) >= 11 is 0. The second-order valence-corrected chi connectivity index (χ2v) is 11.4. The number of nitrogens with zero attached hydrogens (tertiary/aromatic N) is 2. The maximum Gasteiger partial charge on any atom is 0.459 e. The van der Waals surface area contributed by atoms with E-state index in [1.54, 1.807) is 30.3 Å². The average Bonchev–Trinajstić information content (AvgIpc) is 3.24. The Balaban J connectivity index is 1.30. The van der Waals surface area contributed by atoms with Gasteiger partial charge in [0.1, 0.15) is 42.0 Å². The first-order valence-corrected chi connectivity index (χ1v) is 14.5. The SMILES string of the molecule is C[C@H](N[P@@](=O)(OC[C@H]1O[C@@H](n2ccc(N)nc2=O)[C@@]2(CCO2)[C@@H]1O)Oc1ccccc1)C(=O)OCc1ccccc1. The van der Waals surface area contributed by atoms with Crippen LogP contribution in [0.3, 0.4) is 0 Å². The highest BCUT2D eigenvalue weighted by atomic mass is 31.2. The van der Waals surface area contributed by atoms with Gasteiger partial charge in [0.05, 0.1) is 13.2 Å². The van der Waals surface area contributed by atoms with Crippen LogP contribution >= 0.6 is 7.75 Å². The van der Waals surface area contributed by atoms with Crippen LogP contribution in [0.5, 0.6) is 5.75 Å². The third kappa shape index (κ3) is 6.35. The fourth-order valence-electron chi connectivity index (χ4n) is 4.64. The highest BCUT2D eigenvalue weighted by molar-refractivity contribution is 7.52. The van der Waals surface area contributed by atoms with Crippen molar-refractivity contribution in [2.45, 2.75) is 50.0 Å². The Morgan fingerprint density at radius 2 is 1.90 bits per heavy atom. The van der Waals surface area contributed by atoms with Gasteiger partial charge in [0.25, 0.3) is 0 Å². The fourth-order valence-corrected chi connectivity index (χ4v) is 6.14. The molecule has 0 unspecified atom stereocenters. The van der Waals surface area contributed by atoms with E-state index in [-0.39, 0.29) is 18.2 Å². The topological polar surface area (TPSA) is 173 Å². The summed E-state index contributed by atoms with van der Waals surface area (Å²) in [6, 6.07) is 17.7. The van der Waals surface area contributed by atoms with Crippen molar-refractivity contribution in [3.63, 3.8) is 0 Å². The van der Waals surface area contributed by atoms with Crippen LogP contribution in [0.15, 0.2) is 77.7 Å². The summed E-state index contributed by atoms with van der Waals surface area (Å²) in [6.07, 6.45) is -1.55. The van der Waals surface area contributed by atoms with E-state index < -0.39 is 56.1 Å². The Bertz CT molecular complexity index is 1450. The lowest BCUT2D eigenvalue weighted by Gasteiger charge is -2.44. The van der Waals surface area contributed by atoms with Gasteiger partial charge in [-0.3, -0.25) is 13.9 Å². The summed E-state index contributed by atoms with van der Waals surface area (Å²) in [5, 5.41) is 13.8. The number of nitrogens with two attached hydrogens (primary N) is 1. The summed E-state index contributed by atoms with van der Waals surface area (Å²) in [5.41, 5.74) is 4.49. The van der Waals surface area contributed by atoms with Crippen molar-refractivity contribution in [1.29, 1.82) is 0 Å². The second kappa shape index (κ2) is 12.1. The molecule has 2 aliphatic heterocycles. The van der Waals surface area contributed by atoms with Gasteiger partial charge in [-0.25, -0.2) is 9.36 Å². The molecule has 2 aliphatic rings. The number of esters is 1. The number of benzene rings is 2. The Labute approximate surface area is 235 Å². The van der Waals surface area contributed by atoms with E-state index in [0.29, 0.717) is 13.0 Å². The molecule has 3 heterocycles. The number of aromatic nitrogens is 2. The zero-order valence-electron chi connectivity index (χ0n) is 22.2. The minimum Gasteiger partial charge on any atom is -0.460 e. The Kier molecular flexibility index (Phi) is 8.55. The van der Waals surface area contributed by atoms with Crippen molar-refractivity contribution < 1.29 is 37.7 Å². The van der Waals surface area contributed by atoms with E-state index in [9.17, 15) is 19.3 Å². The molecule has 0 amide bonds. The number of nitrogens with one attached hydrogen (secondary N) is 1. The molecule has 2 fully saturated rings. The van der Waals surface area contributed by atoms with E-state index in [2.05, 4.69) is 10.1 Å². The van der Waals surface area contributed by atoms with Gasteiger partial charge >= 0.3 is 19.4 Å². The molecule has 1 spiro atoms. The smallest absolute Gasteiger partial charge is 0.459 e. The van der Waals surface area contributed by atoms with Crippen LogP contribution in [-0.2, 0) is 34.7 Å². The molecule has 1 aromatic heterocycles. The highest BCUT2D eigenvalue weighted by Crippen LogP contribution is 2.50. The maximum atomic E-state index is 13.9. The van der Waals surface area contributed by atoms with Crippen molar-refractivity contribution in [2.75, 3.05) is 18.9 Å². The number of hydrogen-bond donors (Lipinski definition) is 3. The van der Waals surface area contributed by atoms with Gasteiger partial charge in [-0.15, -0.1) is 0 Å². The highest BCUT2D eigenvalue weighted by Gasteiger charge is 2.62. The quantitative estimate of drug-likeness (QED) is 0.221. The molecule has 0 bridgehead atoms. The van der Waals surface area contributed by atoms with Crippen LogP contribution in [0, 0.1) is 0 Å². The maximum absolute atomic E-state index is 13.9. The number of anilines is 1. The number of carbonyl (C=O) groups excluding carboxylic acids is 1. The monoisotopic (exact) mass is 586 g/mol. The summed E-state index contributed by atoms with van der Waals surface area (Å²) in [4.78, 5) is 28.9. The van der Waals surface area contributed by atoms with Crippen molar-refractivity contribution >= 4 is 19.5 Å². The van der Waals surface area contributed by atoms with Crippen LogP contribution in [0.1, 0.15) is 25.1 Å². The number of carbonyl (C=O) groups is 1. The van der Waals surface area contributed by atoms with Crippen LogP contribution in [0.25, 0.3) is 0 Å². The number of nitrogen functional groups attached to an aromatic ring is 1. The van der Waals surface area contributed by atoms with Crippen LogP contribution in [0.4, 0.5) is 5.82 Å². The van der Waals surface area contributed by atoms with Crippen molar-refractivity contribution in [1.82, 2.24) is 14.6 Å². The van der Waals surface area contributed by atoms with E-state index in [4.69, 9.17) is 29.0 Å². The van der Waals surface area contributed by atoms with Crippen LogP contribution in [-0.4, -0.2) is 57.7 Å². The summed E-state index contributed by atoms with van der Waals surface area (Å²) in [6.45, 7) is 1.41. The van der Waals surface area contributed by atoms with E-state index in [0.717, 1.165) is 5.56 Å². The first kappa shape index (κ1) is 28.9. The number of ether oxygens (including phenoxy) is 3. The van der Waals surface area contributed by atoms with E-state index in [1.165, 1.54) is 23.8 Å². The third-order valence-corrected chi connectivity index (χ3v) is 8.49.